The Hall–Kier alpha value is -3.31. The van der Waals surface area contributed by atoms with Crippen LogP contribution in [0.1, 0.15) is 5.56 Å². The molecule has 3 aromatic carbocycles. The summed E-state index contributed by atoms with van der Waals surface area (Å²) in [5.74, 6) is 13.1. The van der Waals surface area contributed by atoms with Crippen LogP contribution < -0.4 is 0 Å². The predicted octanol–water partition coefficient (Wildman–Crippen LogP) is 4.77. The van der Waals surface area contributed by atoms with E-state index < -0.39 is 0 Å². The van der Waals surface area contributed by atoms with Crippen molar-refractivity contribution in [1.29, 1.82) is 0 Å². The van der Waals surface area contributed by atoms with E-state index in [0.717, 1.165) is 5.56 Å². The highest BCUT2D eigenvalue weighted by atomic mass is 32.2. The van der Waals surface area contributed by atoms with Crippen molar-refractivity contribution in [3.05, 3.63) is 90.5 Å². The Bertz CT molecular complexity index is 947. The molecule has 1 heteroatoms. The molecule has 0 aliphatic carbocycles. The summed E-state index contributed by atoms with van der Waals surface area (Å²) in [4.78, 5) is 3.86. The highest BCUT2D eigenvalue weighted by Gasteiger charge is 2.27. The normalized spacial score (nSPS) is 9.28. The van der Waals surface area contributed by atoms with Crippen molar-refractivity contribution in [1.82, 2.24) is 0 Å². The van der Waals surface area contributed by atoms with Crippen molar-refractivity contribution >= 4 is 10.9 Å². The van der Waals surface area contributed by atoms with E-state index >= 15 is 0 Å². The molecular formula is C24H15S+. The van der Waals surface area contributed by atoms with E-state index in [2.05, 4.69) is 90.3 Å². The van der Waals surface area contributed by atoms with Crippen LogP contribution in [0, 0.1) is 36.0 Å². The second-order valence-electron chi connectivity index (χ2n) is 5.10. The van der Waals surface area contributed by atoms with Crippen LogP contribution in [-0.2, 0) is 10.9 Å². The molecule has 0 atom stereocenters. The van der Waals surface area contributed by atoms with Crippen LogP contribution in [0.15, 0.2) is 99.6 Å². The van der Waals surface area contributed by atoms with E-state index in [9.17, 15) is 0 Å². The largest absolute Gasteiger partial charge is 0.166 e. The van der Waals surface area contributed by atoms with Crippen LogP contribution in [0.25, 0.3) is 0 Å². The molecule has 0 aliphatic heterocycles. The minimum Gasteiger partial charge on any atom is -0.106 e. The van der Waals surface area contributed by atoms with Gasteiger partial charge in [0.05, 0.1) is 10.9 Å². The lowest BCUT2D eigenvalue weighted by Crippen LogP contribution is -2.04. The first-order valence-electron chi connectivity index (χ1n) is 7.79. The Morgan fingerprint density at radius 3 is 1.60 bits per heavy atom. The van der Waals surface area contributed by atoms with Gasteiger partial charge in [-0.15, -0.1) is 6.42 Å². The van der Waals surface area contributed by atoms with Gasteiger partial charge < -0.3 is 0 Å². The Morgan fingerprint density at radius 1 is 0.560 bits per heavy atom. The molecule has 0 amide bonds. The molecule has 0 N–H and O–H groups in total. The molecule has 0 nitrogen and oxygen atoms in total. The number of hydrogen-bond acceptors (Lipinski definition) is 0. The van der Waals surface area contributed by atoms with Crippen molar-refractivity contribution in [3.63, 3.8) is 0 Å². The SMILES string of the molecule is C#CC#CC#Cc1ccc([S+](c2ccccc2)c2ccccc2)cc1. The molecule has 0 heterocycles. The van der Waals surface area contributed by atoms with Gasteiger partial charge in [0.1, 0.15) is 0 Å². The van der Waals surface area contributed by atoms with Crippen molar-refractivity contribution in [2.75, 3.05) is 0 Å². The number of rotatable bonds is 3. The Balaban J connectivity index is 1.97. The maximum absolute atomic E-state index is 5.08. The van der Waals surface area contributed by atoms with Gasteiger partial charge in [-0.2, -0.15) is 0 Å². The van der Waals surface area contributed by atoms with E-state index in [-0.39, 0.29) is 10.9 Å². The van der Waals surface area contributed by atoms with Crippen molar-refractivity contribution in [3.8, 4) is 36.0 Å². The maximum Gasteiger partial charge on any atom is 0.166 e. The number of hydrogen-bond donors (Lipinski definition) is 0. The first-order chi connectivity index (χ1) is 12.4. The molecule has 3 rings (SSSR count). The average molecular weight is 335 g/mol. The van der Waals surface area contributed by atoms with Crippen molar-refractivity contribution in [2.24, 2.45) is 0 Å². The topological polar surface area (TPSA) is 0 Å². The minimum absolute atomic E-state index is 0.134. The van der Waals surface area contributed by atoms with Gasteiger partial charge in [0.25, 0.3) is 0 Å². The third kappa shape index (κ3) is 4.37. The Kier molecular flexibility index (Phi) is 5.64. The average Bonchev–Trinajstić information content (AvgIpc) is 2.68. The molecule has 0 bridgehead atoms. The van der Waals surface area contributed by atoms with Crippen molar-refractivity contribution < 1.29 is 0 Å². The second-order valence-corrected chi connectivity index (χ2v) is 7.13. The third-order valence-electron chi connectivity index (χ3n) is 3.45. The lowest BCUT2D eigenvalue weighted by Gasteiger charge is -2.07. The first kappa shape index (κ1) is 16.5. The molecule has 0 spiro atoms. The smallest absolute Gasteiger partial charge is 0.106 e. The van der Waals surface area contributed by atoms with E-state index in [1.54, 1.807) is 0 Å². The molecule has 0 fully saturated rings. The van der Waals surface area contributed by atoms with Gasteiger partial charge >= 0.3 is 0 Å². The highest BCUT2D eigenvalue weighted by Crippen LogP contribution is 2.30. The maximum atomic E-state index is 5.08. The lowest BCUT2D eigenvalue weighted by atomic mass is 10.2. The predicted molar refractivity (Wildman–Crippen MR) is 105 cm³/mol. The molecule has 0 radical (unpaired) electrons. The summed E-state index contributed by atoms with van der Waals surface area (Å²) in [5.41, 5.74) is 0.930. The molecule has 25 heavy (non-hydrogen) atoms. The van der Waals surface area contributed by atoms with Crippen LogP contribution in [0.5, 0.6) is 0 Å². The quantitative estimate of drug-likeness (QED) is 0.478. The number of benzene rings is 3. The van der Waals surface area contributed by atoms with Crippen LogP contribution in [0.2, 0.25) is 0 Å². The Morgan fingerprint density at radius 2 is 1.08 bits per heavy atom. The minimum atomic E-state index is -0.134. The first-order valence-corrected chi connectivity index (χ1v) is 9.02. The standard InChI is InChI=1S/C24H15S/c1-2-3-4-7-12-21-17-19-24(20-18-21)25(22-13-8-5-9-14-22)23-15-10-6-11-16-23/h1,5-6,8-11,13-20H/q+1. The summed E-state index contributed by atoms with van der Waals surface area (Å²) >= 11 is 0. The van der Waals surface area contributed by atoms with Crippen LogP contribution in [0.3, 0.4) is 0 Å². The molecule has 0 saturated carbocycles. The monoisotopic (exact) mass is 335 g/mol. The second kappa shape index (κ2) is 8.52. The fourth-order valence-electron chi connectivity index (χ4n) is 2.37. The summed E-state index contributed by atoms with van der Waals surface area (Å²) in [5, 5.41) is 0. The molecule has 0 unspecified atom stereocenters. The third-order valence-corrected chi connectivity index (χ3v) is 5.68. The van der Waals surface area contributed by atoms with Gasteiger partial charge in [-0.25, -0.2) is 0 Å². The molecule has 0 aromatic heterocycles. The van der Waals surface area contributed by atoms with Crippen LogP contribution >= 0.6 is 0 Å². The van der Waals surface area contributed by atoms with Gasteiger partial charge in [0, 0.05) is 5.56 Å². The fraction of sp³-hybridized carbons (Fsp3) is 0. The molecular weight excluding hydrogens is 320 g/mol. The fourth-order valence-corrected chi connectivity index (χ4v) is 4.45. The van der Waals surface area contributed by atoms with E-state index in [4.69, 9.17) is 6.42 Å². The summed E-state index contributed by atoms with van der Waals surface area (Å²) in [6.45, 7) is 0. The zero-order valence-electron chi connectivity index (χ0n) is 13.6. The Labute approximate surface area is 152 Å². The zero-order valence-corrected chi connectivity index (χ0v) is 14.4. The van der Waals surface area contributed by atoms with Gasteiger partial charge in [-0.1, -0.05) is 42.3 Å². The van der Waals surface area contributed by atoms with Crippen LogP contribution in [0.4, 0.5) is 0 Å². The molecule has 0 aliphatic rings. The van der Waals surface area contributed by atoms with Crippen molar-refractivity contribution in [2.45, 2.75) is 14.7 Å². The summed E-state index contributed by atoms with van der Waals surface area (Å²) in [6.07, 6.45) is 5.08. The summed E-state index contributed by atoms with van der Waals surface area (Å²) in [6, 6.07) is 29.5. The lowest BCUT2D eigenvalue weighted by molar-refractivity contribution is 1.31. The summed E-state index contributed by atoms with van der Waals surface area (Å²) < 4.78 is 0. The zero-order chi connectivity index (χ0) is 17.3. The van der Waals surface area contributed by atoms with E-state index in [0.29, 0.717) is 0 Å². The van der Waals surface area contributed by atoms with Gasteiger partial charge in [-0.05, 0) is 72.2 Å². The molecule has 3 aromatic rings. The highest BCUT2D eigenvalue weighted by molar-refractivity contribution is 7.97. The molecule has 116 valence electrons. The van der Waals surface area contributed by atoms with Crippen LogP contribution in [-0.4, -0.2) is 0 Å². The van der Waals surface area contributed by atoms with Gasteiger partial charge in [0.2, 0.25) is 0 Å². The number of terminal acetylenes is 1. The summed E-state index contributed by atoms with van der Waals surface area (Å²) in [7, 11) is -0.134. The molecule has 0 saturated heterocycles. The van der Waals surface area contributed by atoms with Gasteiger partial charge in [0.15, 0.2) is 14.7 Å². The van der Waals surface area contributed by atoms with Gasteiger partial charge in [-0.3, -0.25) is 0 Å². The van der Waals surface area contributed by atoms with E-state index in [1.807, 2.05) is 24.3 Å². The van der Waals surface area contributed by atoms with E-state index in [1.165, 1.54) is 14.7 Å².